The molecule has 1 amide bonds. The molecule has 0 radical (unpaired) electrons. The number of carbonyl (C=O) groups is 1. The molecule has 0 unspecified atom stereocenters. The lowest BCUT2D eigenvalue weighted by Crippen LogP contribution is -2.21. The molecular formula is C35H30N4O3. The Kier molecular flexibility index (Phi) is 7.64. The van der Waals surface area contributed by atoms with Gasteiger partial charge in [-0.1, -0.05) is 43.3 Å². The lowest BCUT2D eigenvalue weighted by atomic mass is 9.99. The summed E-state index contributed by atoms with van der Waals surface area (Å²) in [7, 11) is 1.63. The van der Waals surface area contributed by atoms with Crippen molar-refractivity contribution < 1.29 is 14.3 Å². The van der Waals surface area contributed by atoms with Gasteiger partial charge in [-0.25, -0.2) is 4.68 Å². The summed E-state index contributed by atoms with van der Waals surface area (Å²) in [6, 6.07) is 34.8. The van der Waals surface area contributed by atoms with Crippen LogP contribution in [0.2, 0.25) is 0 Å². The van der Waals surface area contributed by atoms with E-state index < -0.39 is 0 Å². The number of carbonyl (C=O) groups excluding carboxylic acids is 1. The highest BCUT2D eigenvalue weighted by Gasteiger charge is 2.32. The number of rotatable bonds is 9. The fourth-order valence-electron chi connectivity index (χ4n) is 4.77. The molecule has 208 valence electrons. The second kappa shape index (κ2) is 12.0. The monoisotopic (exact) mass is 554 g/mol. The van der Waals surface area contributed by atoms with Crippen molar-refractivity contribution in [3.63, 3.8) is 0 Å². The minimum absolute atomic E-state index is 0.214. The van der Waals surface area contributed by atoms with Gasteiger partial charge in [0.25, 0.3) is 5.91 Å². The maximum absolute atomic E-state index is 14.0. The van der Waals surface area contributed by atoms with E-state index in [0.29, 0.717) is 23.6 Å². The number of hydrogen-bond donors (Lipinski definition) is 0. The standard InChI is InChI=1S/C35H30N4O3/c1-3-22-42-31-20-16-25(17-21-31)33-27(24-38(36-33)28-10-6-4-7-11-28)23-32-34(26-14-18-30(41-2)19-15-26)37-39(35(32)40)29-12-8-5-9-13-29/h4-21,23-24H,3,22H2,1-2H3/b32-23-. The molecule has 0 atom stereocenters. The molecule has 4 aromatic carbocycles. The van der Waals surface area contributed by atoms with Gasteiger partial charge in [-0.05, 0) is 85.3 Å². The first kappa shape index (κ1) is 26.8. The van der Waals surface area contributed by atoms with E-state index in [4.69, 9.17) is 19.7 Å². The van der Waals surface area contributed by atoms with Crippen molar-refractivity contribution in [3.8, 4) is 28.4 Å². The van der Waals surface area contributed by atoms with Crippen LogP contribution in [-0.4, -0.2) is 35.1 Å². The van der Waals surface area contributed by atoms with Crippen LogP contribution < -0.4 is 14.5 Å². The number of nitrogens with zero attached hydrogens (tertiary/aromatic N) is 4. The van der Waals surface area contributed by atoms with Gasteiger partial charge in [-0.2, -0.15) is 15.2 Å². The van der Waals surface area contributed by atoms with Crippen LogP contribution in [0, 0.1) is 0 Å². The van der Waals surface area contributed by atoms with Crippen molar-refractivity contribution in [1.82, 2.24) is 9.78 Å². The zero-order valence-corrected chi connectivity index (χ0v) is 23.5. The third kappa shape index (κ3) is 5.45. The maximum Gasteiger partial charge on any atom is 0.281 e. The number of para-hydroxylation sites is 2. The van der Waals surface area contributed by atoms with Gasteiger partial charge in [0, 0.05) is 22.9 Å². The molecule has 0 aliphatic carbocycles. The smallest absolute Gasteiger partial charge is 0.281 e. The summed E-state index contributed by atoms with van der Waals surface area (Å²) in [4.78, 5) is 14.0. The van der Waals surface area contributed by atoms with Crippen LogP contribution in [0.15, 0.2) is 126 Å². The van der Waals surface area contributed by atoms with E-state index in [1.165, 1.54) is 5.01 Å². The largest absolute Gasteiger partial charge is 0.497 e. The lowest BCUT2D eigenvalue weighted by Gasteiger charge is -2.10. The average Bonchev–Trinajstić information content (AvgIpc) is 3.62. The number of hydrazone groups is 1. The van der Waals surface area contributed by atoms with E-state index in [2.05, 4.69) is 6.92 Å². The van der Waals surface area contributed by atoms with Gasteiger partial charge >= 0.3 is 0 Å². The molecule has 0 N–H and O–H groups in total. The van der Waals surface area contributed by atoms with Crippen molar-refractivity contribution in [2.45, 2.75) is 13.3 Å². The second-order valence-electron chi connectivity index (χ2n) is 9.77. The van der Waals surface area contributed by atoms with Gasteiger partial charge in [-0.3, -0.25) is 4.79 Å². The average molecular weight is 555 g/mol. The molecule has 42 heavy (non-hydrogen) atoms. The fourth-order valence-corrected chi connectivity index (χ4v) is 4.77. The van der Waals surface area contributed by atoms with E-state index in [1.54, 1.807) is 7.11 Å². The number of amides is 1. The Balaban J connectivity index is 1.48. The van der Waals surface area contributed by atoms with Crippen LogP contribution in [0.4, 0.5) is 5.69 Å². The van der Waals surface area contributed by atoms with Crippen LogP contribution in [-0.2, 0) is 4.79 Å². The Hall–Kier alpha value is -5.43. The first-order valence-electron chi connectivity index (χ1n) is 13.9. The summed E-state index contributed by atoms with van der Waals surface area (Å²) in [6.45, 7) is 2.74. The number of aromatic nitrogens is 2. The summed E-state index contributed by atoms with van der Waals surface area (Å²) in [6.07, 6.45) is 4.77. The fraction of sp³-hybridized carbons (Fsp3) is 0.114. The van der Waals surface area contributed by atoms with Crippen LogP contribution in [0.25, 0.3) is 23.0 Å². The molecule has 1 aliphatic heterocycles. The molecule has 0 bridgehead atoms. The minimum Gasteiger partial charge on any atom is -0.497 e. The van der Waals surface area contributed by atoms with Gasteiger partial charge in [0.1, 0.15) is 17.2 Å². The summed E-state index contributed by atoms with van der Waals surface area (Å²) in [5.74, 6) is 1.32. The van der Waals surface area contributed by atoms with Gasteiger partial charge < -0.3 is 9.47 Å². The van der Waals surface area contributed by atoms with E-state index in [1.807, 2.05) is 126 Å². The topological polar surface area (TPSA) is 69.0 Å². The molecule has 2 heterocycles. The summed E-state index contributed by atoms with van der Waals surface area (Å²) in [5.41, 5.74) is 5.92. The van der Waals surface area contributed by atoms with Crippen molar-refractivity contribution >= 4 is 23.4 Å². The third-order valence-corrected chi connectivity index (χ3v) is 6.91. The lowest BCUT2D eigenvalue weighted by molar-refractivity contribution is -0.114. The predicted octanol–water partition coefficient (Wildman–Crippen LogP) is 7.17. The highest BCUT2D eigenvalue weighted by molar-refractivity contribution is 6.37. The summed E-state index contributed by atoms with van der Waals surface area (Å²) >= 11 is 0. The second-order valence-corrected chi connectivity index (χ2v) is 9.77. The molecule has 0 spiro atoms. The summed E-state index contributed by atoms with van der Waals surface area (Å²) in [5, 5.41) is 11.2. The minimum atomic E-state index is -0.214. The highest BCUT2D eigenvalue weighted by atomic mass is 16.5. The summed E-state index contributed by atoms with van der Waals surface area (Å²) < 4.78 is 13.0. The number of ether oxygens (including phenoxy) is 2. The van der Waals surface area contributed by atoms with Crippen LogP contribution >= 0.6 is 0 Å². The quantitative estimate of drug-likeness (QED) is 0.181. The maximum atomic E-state index is 14.0. The van der Waals surface area contributed by atoms with Gasteiger partial charge in [-0.15, -0.1) is 0 Å². The van der Waals surface area contributed by atoms with E-state index in [9.17, 15) is 4.79 Å². The number of benzene rings is 4. The highest BCUT2D eigenvalue weighted by Crippen LogP contribution is 2.32. The Labute approximate surface area is 245 Å². The van der Waals surface area contributed by atoms with E-state index in [-0.39, 0.29) is 5.91 Å². The number of hydrogen-bond acceptors (Lipinski definition) is 5. The van der Waals surface area contributed by atoms with Crippen LogP contribution in [0.3, 0.4) is 0 Å². The molecule has 5 aromatic rings. The normalized spacial score (nSPS) is 13.9. The molecule has 1 aromatic heterocycles. The molecule has 0 saturated heterocycles. The Bertz CT molecular complexity index is 1740. The molecule has 0 saturated carbocycles. The molecule has 7 heteroatoms. The zero-order valence-electron chi connectivity index (χ0n) is 23.5. The predicted molar refractivity (Wildman–Crippen MR) is 166 cm³/mol. The van der Waals surface area contributed by atoms with Crippen molar-refractivity contribution in [1.29, 1.82) is 0 Å². The zero-order chi connectivity index (χ0) is 28.9. The van der Waals surface area contributed by atoms with Gasteiger partial charge in [0.15, 0.2) is 0 Å². The van der Waals surface area contributed by atoms with Crippen LogP contribution in [0.5, 0.6) is 11.5 Å². The number of methoxy groups -OCH3 is 1. The first-order chi connectivity index (χ1) is 20.6. The van der Waals surface area contributed by atoms with Gasteiger partial charge in [0.05, 0.1) is 36.4 Å². The van der Waals surface area contributed by atoms with Crippen LogP contribution in [0.1, 0.15) is 24.5 Å². The molecular weight excluding hydrogens is 524 g/mol. The van der Waals surface area contributed by atoms with Crippen molar-refractivity contribution in [2.24, 2.45) is 5.10 Å². The Morgan fingerprint density at radius 2 is 1.38 bits per heavy atom. The molecule has 1 aliphatic rings. The number of anilines is 1. The van der Waals surface area contributed by atoms with Gasteiger partial charge in [0.2, 0.25) is 0 Å². The Morgan fingerprint density at radius 3 is 2.02 bits per heavy atom. The molecule has 0 fully saturated rings. The molecule has 7 nitrogen and oxygen atoms in total. The Morgan fingerprint density at radius 1 is 0.762 bits per heavy atom. The van der Waals surface area contributed by atoms with E-state index >= 15 is 0 Å². The molecule has 6 rings (SSSR count). The third-order valence-electron chi connectivity index (χ3n) is 6.91. The van der Waals surface area contributed by atoms with Crippen molar-refractivity contribution in [3.05, 3.63) is 132 Å². The van der Waals surface area contributed by atoms with Crippen molar-refractivity contribution in [2.75, 3.05) is 18.7 Å². The SMILES string of the molecule is CCCOc1ccc(-c2nn(-c3ccccc3)cc2/C=C2\C(=O)N(c3ccccc3)N=C2c2ccc(OC)cc2)cc1. The van der Waals surface area contributed by atoms with E-state index in [0.717, 1.165) is 46.0 Å². The first-order valence-corrected chi connectivity index (χ1v) is 13.9.